The number of halogens is 3. The molecule has 104 valence electrons. The maximum atomic E-state index is 13.5. The number of rotatable bonds is 2. The van der Waals surface area contributed by atoms with Gasteiger partial charge in [0.25, 0.3) is 0 Å². The Hall–Kier alpha value is -1.76. The minimum absolute atomic E-state index is 0.0660. The molecule has 0 aliphatic heterocycles. The summed E-state index contributed by atoms with van der Waals surface area (Å²) in [6.45, 7) is 0. The Morgan fingerprint density at radius 2 is 1.74 bits per heavy atom. The third-order valence-electron chi connectivity index (χ3n) is 3.02. The van der Waals surface area contributed by atoms with Gasteiger partial charge in [-0.2, -0.15) is 0 Å². The van der Waals surface area contributed by atoms with Crippen LogP contribution in [-0.4, -0.2) is 12.0 Å². The standard InChI is InChI=1S/C12H15F3N4/c13-7-5-9(14)11(10(15)6-7)18-12(19-16)17-8-3-1-2-4-8/h5-6,8H,1-4,16H2,(H2,17,18,19). The highest BCUT2D eigenvalue weighted by molar-refractivity contribution is 5.93. The summed E-state index contributed by atoms with van der Waals surface area (Å²) in [6, 6.07) is 1.27. The van der Waals surface area contributed by atoms with Crippen molar-refractivity contribution in [2.45, 2.75) is 31.7 Å². The lowest BCUT2D eigenvalue weighted by molar-refractivity contribution is 0.549. The molecule has 0 bridgehead atoms. The molecular formula is C12H15F3N4. The smallest absolute Gasteiger partial charge is 0.210 e. The van der Waals surface area contributed by atoms with Gasteiger partial charge < -0.3 is 5.32 Å². The third-order valence-corrected chi connectivity index (χ3v) is 3.02. The van der Waals surface area contributed by atoms with Crippen LogP contribution in [0.1, 0.15) is 25.7 Å². The van der Waals surface area contributed by atoms with Gasteiger partial charge in [0, 0.05) is 12.1 Å². The number of hydrazine groups is 1. The zero-order valence-corrected chi connectivity index (χ0v) is 10.2. The molecule has 2 rings (SSSR count). The third kappa shape index (κ3) is 3.37. The number of benzene rings is 1. The second kappa shape index (κ2) is 5.92. The van der Waals surface area contributed by atoms with Gasteiger partial charge in [-0.15, -0.1) is 0 Å². The molecule has 1 aromatic rings. The van der Waals surface area contributed by atoms with Crippen LogP contribution in [-0.2, 0) is 0 Å². The molecule has 19 heavy (non-hydrogen) atoms. The lowest BCUT2D eigenvalue weighted by atomic mass is 10.2. The first-order valence-electron chi connectivity index (χ1n) is 6.06. The van der Waals surface area contributed by atoms with Gasteiger partial charge in [-0.1, -0.05) is 12.8 Å². The van der Waals surface area contributed by atoms with E-state index in [0.717, 1.165) is 25.7 Å². The van der Waals surface area contributed by atoms with Crippen LogP contribution in [0, 0.1) is 17.5 Å². The van der Waals surface area contributed by atoms with Crippen molar-refractivity contribution in [3.05, 3.63) is 29.6 Å². The lowest BCUT2D eigenvalue weighted by Crippen LogP contribution is -2.37. The number of nitrogens with two attached hydrogens (primary N) is 1. The van der Waals surface area contributed by atoms with Crippen LogP contribution in [0.15, 0.2) is 17.1 Å². The van der Waals surface area contributed by atoms with E-state index >= 15 is 0 Å². The highest BCUT2D eigenvalue weighted by Crippen LogP contribution is 2.22. The summed E-state index contributed by atoms with van der Waals surface area (Å²) >= 11 is 0. The Morgan fingerprint density at radius 1 is 1.16 bits per heavy atom. The summed E-state index contributed by atoms with van der Waals surface area (Å²) in [5.41, 5.74) is 1.78. The van der Waals surface area contributed by atoms with E-state index in [1.165, 1.54) is 0 Å². The number of hydrogen-bond acceptors (Lipinski definition) is 2. The van der Waals surface area contributed by atoms with Crippen LogP contribution in [0.4, 0.5) is 18.9 Å². The van der Waals surface area contributed by atoms with Crippen LogP contribution in [0.5, 0.6) is 0 Å². The van der Waals surface area contributed by atoms with E-state index in [1.807, 2.05) is 0 Å². The first-order chi connectivity index (χ1) is 9.10. The summed E-state index contributed by atoms with van der Waals surface area (Å²) in [5.74, 6) is 2.29. The molecule has 1 fully saturated rings. The molecule has 0 atom stereocenters. The second-order valence-corrected chi connectivity index (χ2v) is 4.43. The minimum Gasteiger partial charge on any atom is -0.320 e. The number of aliphatic imine (C=N–C) groups is 1. The largest absolute Gasteiger partial charge is 0.320 e. The number of anilines is 1. The SMILES string of the molecule is NNC(=NC1CCCC1)Nc1c(F)cc(F)cc1F. The van der Waals surface area contributed by atoms with E-state index in [4.69, 9.17) is 5.84 Å². The Balaban J connectivity index is 2.18. The summed E-state index contributed by atoms with van der Waals surface area (Å²) in [6.07, 6.45) is 3.99. The molecule has 4 nitrogen and oxygen atoms in total. The zero-order chi connectivity index (χ0) is 13.8. The first kappa shape index (κ1) is 13.7. The van der Waals surface area contributed by atoms with Crippen molar-refractivity contribution < 1.29 is 13.2 Å². The fourth-order valence-electron chi connectivity index (χ4n) is 2.10. The van der Waals surface area contributed by atoms with E-state index in [9.17, 15) is 13.2 Å². The summed E-state index contributed by atoms with van der Waals surface area (Å²) in [7, 11) is 0. The van der Waals surface area contributed by atoms with Crippen molar-refractivity contribution in [2.75, 3.05) is 5.32 Å². The molecule has 0 saturated heterocycles. The quantitative estimate of drug-likeness (QED) is 0.335. The van der Waals surface area contributed by atoms with Crippen molar-refractivity contribution in [3.63, 3.8) is 0 Å². The molecule has 0 amide bonds. The van der Waals surface area contributed by atoms with Crippen LogP contribution in [0.2, 0.25) is 0 Å². The van der Waals surface area contributed by atoms with Gasteiger partial charge in [0.15, 0.2) is 11.6 Å². The molecule has 1 saturated carbocycles. The summed E-state index contributed by atoms with van der Waals surface area (Å²) in [4.78, 5) is 4.24. The molecule has 1 aromatic carbocycles. The fraction of sp³-hybridized carbons (Fsp3) is 0.417. The molecule has 0 heterocycles. The van der Waals surface area contributed by atoms with Crippen molar-refractivity contribution in [1.29, 1.82) is 0 Å². The van der Waals surface area contributed by atoms with Crippen LogP contribution < -0.4 is 16.6 Å². The van der Waals surface area contributed by atoms with Crippen molar-refractivity contribution in [1.82, 2.24) is 5.43 Å². The Kier molecular flexibility index (Phi) is 4.26. The van der Waals surface area contributed by atoms with Gasteiger partial charge >= 0.3 is 0 Å². The van der Waals surface area contributed by atoms with Gasteiger partial charge in [0.05, 0.1) is 6.04 Å². The fourth-order valence-corrected chi connectivity index (χ4v) is 2.10. The van der Waals surface area contributed by atoms with Crippen molar-refractivity contribution >= 4 is 11.6 Å². The van der Waals surface area contributed by atoms with Crippen molar-refractivity contribution in [3.8, 4) is 0 Å². The van der Waals surface area contributed by atoms with Gasteiger partial charge in [-0.25, -0.2) is 24.0 Å². The number of hydrogen-bond donors (Lipinski definition) is 3. The monoisotopic (exact) mass is 272 g/mol. The van der Waals surface area contributed by atoms with E-state index in [0.29, 0.717) is 12.1 Å². The van der Waals surface area contributed by atoms with E-state index in [-0.39, 0.29) is 12.0 Å². The summed E-state index contributed by atoms with van der Waals surface area (Å²) < 4.78 is 39.7. The van der Waals surface area contributed by atoms with Crippen molar-refractivity contribution in [2.24, 2.45) is 10.8 Å². The highest BCUT2D eigenvalue weighted by Gasteiger charge is 2.17. The highest BCUT2D eigenvalue weighted by atomic mass is 19.1. The van der Waals surface area contributed by atoms with E-state index in [2.05, 4.69) is 15.7 Å². The molecule has 0 radical (unpaired) electrons. The Bertz CT molecular complexity index is 461. The minimum atomic E-state index is -1.04. The Morgan fingerprint density at radius 3 is 2.26 bits per heavy atom. The summed E-state index contributed by atoms with van der Waals surface area (Å²) in [5, 5.41) is 2.42. The first-order valence-corrected chi connectivity index (χ1v) is 6.06. The Labute approximate surface area is 108 Å². The second-order valence-electron chi connectivity index (χ2n) is 4.43. The molecule has 1 aliphatic rings. The molecule has 0 spiro atoms. The van der Waals surface area contributed by atoms with Crippen LogP contribution in [0.25, 0.3) is 0 Å². The average molecular weight is 272 g/mol. The van der Waals surface area contributed by atoms with Gasteiger partial charge in [-0.05, 0) is 12.8 Å². The van der Waals surface area contributed by atoms with Gasteiger partial charge in [0.2, 0.25) is 5.96 Å². The molecular weight excluding hydrogens is 257 g/mol. The molecule has 4 N–H and O–H groups in total. The van der Waals surface area contributed by atoms with Gasteiger partial charge in [0.1, 0.15) is 11.5 Å². The predicted molar refractivity (Wildman–Crippen MR) is 67.0 cm³/mol. The van der Waals surface area contributed by atoms with E-state index < -0.39 is 23.1 Å². The zero-order valence-electron chi connectivity index (χ0n) is 10.2. The number of nitrogens with one attached hydrogen (secondary N) is 2. The average Bonchev–Trinajstić information content (AvgIpc) is 2.84. The molecule has 1 aliphatic carbocycles. The lowest BCUT2D eigenvalue weighted by Gasteiger charge is -2.13. The van der Waals surface area contributed by atoms with Gasteiger partial charge in [-0.3, -0.25) is 5.43 Å². The van der Waals surface area contributed by atoms with E-state index in [1.54, 1.807) is 0 Å². The van der Waals surface area contributed by atoms with Crippen LogP contribution in [0.3, 0.4) is 0 Å². The maximum Gasteiger partial charge on any atom is 0.210 e. The maximum absolute atomic E-state index is 13.5. The molecule has 7 heteroatoms. The molecule has 0 unspecified atom stereocenters. The number of nitrogens with zero attached hydrogens (tertiary/aromatic N) is 1. The topological polar surface area (TPSA) is 62.4 Å². The van der Waals surface area contributed by atoms with Crippen LogP contribution >= 0.6 is 0 Å². The normalized spacial score (nSPS) is 16.7. The predicted octanol–water partition coefficient (Wildman–Crippen LogP) is 2.28. The molecule has 0 aromatic heterocycles. The number of guanidine groups is 1.